The third-order valence-corrected chi connectivity index (χ3v) is 2.53. The van der Waals surface area contributed by atoms with E-state index in [-0.39, 0.29) is 0 Å². The second-order valence-electron chi connectivity index (χ2n) is 2.70. The van der Waals surface area contributed by atoms with Crippen molar-refractivity contribution in [3.8, 4) is 0 Å². The summed E-state index contributed by atoms with van der Waals surface area (Å²) >= 11 is 3.41. The lowest BCUT2D eigenvalue weighted by atomic mass is 10.2. The van der Waals surface area contributed by atoms with E-state index in [0.29, 0.717) is 0 Å². The topological polar surface area (TPSA) is 17.3 Å². The molecule has 0 spiro atoms. The van der Waals surface area contributed by atoms with Crippen LogP contribution in [0.3, 0.4) is 0 Å². The third kappa shape index (κ3) is 1.14. The summed E-state index contributed by atoms with van der Waals surface area (Å²) in [4.78, 5) is 4.24. The lowest BCUT2D eigenvalue weighted by Crippen LogP contribution is -1.87. The fraction of sp³-hybridized carbons (Fsp3) is 0.222. The molecule has 0 saturated heterocycles. The number of rotatable bonds is 1. The van der Waals surface area contributed by atoms with Gasteiger partial charge in [-0.25, -0.2) is 4.98 Å². The highest BCUT2D eigenvalue weighted by Crippen LogP contribution is 2.14. The van der Waals surface area contributed by atoms with Gasteiger partial charge in [0.1, 0.15) is 10.3 Å². The number of aryl methyl sites for hydroxylation is 1. The Labute approximate surface area is 79.4 Å². The van der Waals surface area contributed by atoms with Crippen LogP contribution in [-0.2, 0) is 6.42 Å². The first-order valence-corrected chi connectivity index (χ1v) is 4.72. The summed E-state index contributed by atoms with van der Waals surface area (Å²) in [6.07, 6.45) is 4.90. The molecule has 0 atom stereocenters. The van der Waals surface area contributed by atoms with Crippen LogP contribution in [-0.4, -0.2) is 9.38 Å². The van der Waals surface area contributed by atoms with Gasteiger partial charge >= 0.3 is 0 Å². The van der Waals surface area contributed by atoms with Crippen LogP contribution in [0.25, 0.3) is 5.65 Å². The SMILES string of the molecule is CCc1ccn2c(Br)cnc2c1. The van der Waals surface area contributed by atoms with Crippen molar-refractivity contribution in [2.75, 3.05) is 0 Å². The first kappa shape index (κ1) is 7.80. The second-order valence-corrected chi connectivity index (χ2v) is 3.51. The number of pyridine rings is 1. The van der Waals surface area contributed by atoms with Crippen molar-refractivity contribution >= 4 is 21.6 Å². The van der Waals surface area contributed by atoms with Gasteiger partial charge in [-0.3, -0.25) is 4.40 Å². The predicted octanol–water partition coefficient (Wildman–Crippen LogP) is 2.66. The molecule has 2 rings (SSSR count). The molecule has 0 radical (unpaired) electrons. The van der Waals surface area contributed by atoms with Gasteiger partial charge < -0.3 is 0 Å². The van der Waals surface area contributed by atoms with E-state index in [4.69, 9.17) is 0 Å². The lowest BCUT2D eigenvalue weighted by molar-refractivity contribution is 1.09. The third-order valence-electron chi connectivity index (χ3n) is 1.94. The molecule has 0 aliphatic heterocycles. The minimum Gasteiger partial charge on any atom is -0.294 e. The van der Waals surface area contributed by atoms with Gasteiger partial charge in [0.2, 0.25) is 0 Å². The maximum Gasteiger partial charge on any atom is 0.137 e. The summed E-state index contributed by atoms with van der Waals surface area (Å²) in [5.74, 6) is 0. The average Bonchev–Trinajstić information content (AvgIpc) is 2.47. The van der Waals surface area contributed by atoms with Gasteiger partial charge in [-0.2, -0.15) is 0 Å². The van der Waals surface area contributed by atoms with E-state index in [1.165, 1.54) is 5.56 Å². The van der Waals surface area contributed by atoms with Crippen LogP contribution in [0.5, 0.6) is 0 Å². The Bertz CT molecular complexity index is 406. The molecule has 2 aromatic rings. The smallest absolute Gasteiger partial charge is 0.137 e. The average molecular weight is 225 g/mol. The van der Waals surface area contributed by atoms with E-state index < -0.39 is 0 Å². The molecule has 3 heteroatoms. The summed E-state index contributed by atoms with van der Waals surface area (Å²) in [7, 11) is 0. The first-order valence-electron chi connectivity index (χ1n) is 3.92. The molecule has 0 aromatic carbocycles. The van der Waals surface area contributed by atoms with E-state index in [0.717, 1.165) is 16.7 Å². The van der Waals surface area contributed by atoms with Crippen LogP contribution in [0.2, 0.25) is 0 Å². The molecule has 2 heterocycles. The Morgan fingerprint density at radius 2 is 2.42 bits per heavy atom. The molecule has 0 N–H and O–H groups in total. The van der Waals surface area contributed by atoms with Crippen LogP contribution >= 0.6 is 15.9 Å². The summed E-state index contributed by atoms with van der Waals surface area (Å²) in [5, 5.41) is 0. The minimum absolute atomic E-state index is 1.00. The summed E-state index contributed by atoms with van der Waals surface area (Å²) in [5.41, 5.74) is 2.32. The van der Waals surface area contributed by atoms with Crippen molar-refractivity contribution in [2.24, 2.45) is 0 Å². The van der Waals surface area contributed by atoms with Crippen LogP contribution in [0, 0.1) is 0 Å². The van der Waals surface area contributed by atoms with E-state index >= 15 is 0 Å². The molecule has 0 amide bonds. The number of hydrogen-bond acceptors (Lipinski definition) is 1. The normalized spacial score (nSPS) is 10.8. The van der Waals surface area contributed by atoms with Crippen molar-refractivity contribution in [3.05, 3.63) is 34.7 Å². The number of imidazole rings is 1. The number of fused-ring (bicyclic) bond motifs is 1. The zero-order chi connectivity index (χ0) is 8.55. The Morgan fingerprint density at radius 3 is 3.17 bits per heavy atom. The van der Waals surface area contributed by atoms with Crippen molar-refractivity contribution in [2.45, 2.75) is 13.3 Å². The molecule has 62 valence electrons. The molecular formula is C9H9BrN2. The van der Waals surface area contributed by atoms with Gasteiger partial charge in [-0.1, -0.05) is 6.92 Å². The Hall–Kier alpha value is -0.830. The Kier molecular flexibility index (Phi) is 1.89. The highest BCUT2D eigenvalue weighted by molar-refractivity contribution is 9.10. The van der Waals surface area contributed by atoms with Crippen LogP contribution in [0.1, 0.15) is 12.5 Å². The quantitative estimate of drug-likeness (QED) is 0.729. The van der Waals surface area contributed by atoms with Crippen LogP contribution in [0.15, 0.2) is 29.1 Å². The molecule has 0 aliphatic rings. The van der Waals surface area contributed by atoms with E-state index in [9.17, 15) is 0 Å². The summed E-state index contributed by atoms with van der Waals surface area (Å²) in [6.45, 7) is 2.14. The molecule has 0 bridgehead atoms. The highest BCUT2D eigenvalue weighted by Gasteiger charge is 1.99. The lowest BCUT2D eigenvalue weighted by Gasteiger charge is -1.97. The molecule has 0 aliphatic carbocycles. The molecule has 0 fully saturated rings. The van der Waals surface area contributed by atoms with E-state index in [2.05, 4.69) is 40.0 Å². The summed E-state index contributed by atoms with van der Waals surface area (Å²) in [6, 6.07) is 4.21. The summed E-state index contributed by atoms with van der Waals surface area (Å²) < 4.78 is 3.01. The number of halogens is 1. The fourth-order valence-corrected chi connectivity index (χ4v) is 1.61. The van der Waals surface area contributed by atoms with E-state index in [1.54, 1.807) is 0 Å². The highest BCUT2D eigenvalue weighted by atomic mass is 79.9. The fourth-order valence-electron chi connectivity index (χ4n) is 1.21. The van der Waals surface area contributed by atoms with Crippen LogP contribution < -0.4 is 0 Å². The molecule has 0 unspecified atom stereocenters. The molecule has 12 heavy (non-hydrogen) atoms. The second kappa shape index (κ2) is 2.90. The molecular weight excluding hydrogens is 216 g/mol. The largest absolute Gasteiger partial charge is 0.294 e. The number of hydrogen-bond donors (Lipinski definition) is 0. The minimum atomic E-state index is 1.00. The van der Waals surface area contributed by atoms with Gasteiger partial charge in [0.25, 0.3) is 0 Å². The monoisotopic (exact) mass is 224 g/mol. The van der Waals surface area contributed by atoms with Gasteiger partial charge in [0.15, 0.2) is 0 Å². The standard InChI is InChI=1S/C9H9BrN2/c1-2-7-3-4-12-8(10)6-11-9(12)5-7/h3-6H,2H2,1H3. The van der Waals surface area contributed by atoms with Gasteiger partial charge in [0.05, 0.1) is 6.20 Å². The first-order chi connectivity index (χ1) is 5.81. The number of nitrogens with zero attached hydrogens (tertiary/aromatic N) is 2. The van der Waals surface area contributed by atoms with Crippen molar-refractivity contribution in [1.82, 2.24) is 9.38 Å². The van der Waals surface area contributed by atoms with Crippen molar-refractivity contribution in [1.29, 1.82) is 0 Å². The maximum atomic E-state index is 4.24. The van der Waals surface area contributed by atoms with Crippen molar-refractivity contribution < 1.29 is 0 Å². The van der Waals surface area contributed by atoms with Gasteiger partial charge in [0, 0.05) is 6.20 Å². The van der Waals surface area contributed by atoms with Crippen LogP contribution in [0.4, 0.5) is 0 Å². The zero-order valence-electron chi connectivity index (χ0n) is 6.79. The Balaban J connectivity index is 2.69. The zero-order valence-corrected chi connectivity index (χ0v) is 8.37. The number of aromatic nitrogens is 2. The molecule has 2 nitrogen and oxygen atoms in total. The maximum absolute atomic E-state index is 4.24. The molecule has 0 saturated carbocycles. The Morgan fingerprint density at radius 1 is 1.58 bits per heavy atom. The van der Waals surface area contributed by atoms with E-state index in [1.807, 2.05) is 16.8 Å². The predicted molar refractivity (Wildman–Crippen MR) is 52.3 cm³/mol. The van der Waals surface area contributed by atoms with Crippen molar-refractivity contribution in [3.63, 3.8) is 0 Å². The molecule has 2 aromatic heterocycles. The van der Waals surface area contributed by atoms with Gasteiger partial charge in [-0.05, 0) is 40.0 Å². The van der Waals surface area contributed by atoms with Gasteiger partial charge in [-0.15, -0.1) is 0 Å².